The zero-order valence-electron chi connectivity index (χ0n) is 25.2. The van der Waals surface area contributed by atoms with Gasteiger partial charge < -0.3 is 14.2 Å². The number of hydrogen-bond donors (Lipinski definition) is 0. The Morgan fingerprint density at radius 1 is 0.949 bits per heavy atom. The van der Waals surface area contributed by atoms with E-state index in [4.69, 9.17) is 14.2 Å². The summed E-state index contributed by atoms with van der Waals surface area (Å²) in [5.41, 5.74) is -4.99. The van der Waals surface area contributed by atoms with E-state index >= 15 is 0 Å². The molecule has 0 unspecified atom stereocenters. The number of hydrogen-bond acceptors (Lipinski definition) is 9. The van der Waals surface area contributed by atoms with E-state index < -0.39 is 80.5 Å². The smallest absolute Gasteiger partial charge is 0.419 e. The van der Waals surface area contributed by atoms with E-state index in [0.717, 1.165) is 16.7 Å². The number of imide groups is 1. The predicted octanol–water partition coefficient (Wildman–Crippen LogP) is 4.44. The fourth-order valence-corrected chi connectivity index (χ4v) is 5.34. The lowest BCUT2D eigenvalue weighted by atomic mass is 9.88. The van der Waals surface area contributed by atoms with E-state index in [9.17, 15) is 27.6 Å². The first-order valence-electron chi connectivity index (χ1n) is 13.0. The molecule has 11 nitrogen and oxygen atoms in total. The molecule has 39 heavy (non-hydrogen) atoms. The normalized spacial score (nSPS) is 22.2. The number of amides is 3. The van der Waals surface area contributed by atoms with Gasteiger partial charge in [-0.1, -0.05) is 13.0 Å². The van der Waals surface area contributed by atoms with Crippen molar-refractivity contribution in [3.63, 3.8) is 0 Å². The number of nitrogens with zero attached hydrogens (tertiary/aromatic N) is 2. The van der Waals surface area contributed by atoms with Gasteiger partial charge in [0.25, 0.3) is 0 Å². The van der Waals surface area contributed by atoms with Crippen LogP contribution in [0.3, 0.4) is 0 Å². The molecule has 0 aromatic rings. The Bertz CT molecular complexity index is 1060. The number of carbonyl (C=O) groups excluding carboxylic acids is 4. The van der Waals surface area contributed by atoms with E-state index in [1.165, 1.54) is 13.0 Å². The monoisotopic (exact) mass is 574 g/mol. The number of sulfone groups is 1. The third-order valence-corrected chi connectivity index (χ3v) is 7.56. The first-order chi connectivity index (χ1) is 17.4. The van der Waals surface area contributed by atoms with Gasteiger partial charge in [0.05, 0.1) is 5.75 Å². The molecular weight excluding hydrogens is 528 g/mol. The fraction of sp³-hybridized carbons (Fsp3) is 0.778. The summed E-state index contributed by atoms with van der Waals surface area (Å²) in [4.78, 5) is 55.9. The van der Waals surface area contributed by atoms with Crippen LogP contribution >= 0.6 is 0 Å². The van der Waals surface area contributed by atoms with Crippen molar-refractivity contribution < 1.29 is 41.8 Å². The van der Waals surface area contributed by atoms with Gasteiger partial charge in [-0.15, -0.1) is 6.58 Å². The number of likely N-dealkylation sites (tertiary alicyclic amines) is 1. The van der Waals surface area contributed by atoms with Gasteiger partial charge in [0.15, 0.2) is 0 Å². The molecule has 1 heterocycles. The Morgan fingerprint density at radius 3 is 1.82 bits per heavy atom. The van der Waals surface area contributed by atoms with Crippen molar-refractivity contribution in [2.45, 2.75) is 118 Å². The molecule has 0 N–H and O–H groups in total. The first kappa shape index (κ1) is 34.4. The molecule has 0 spiro atoms. The number of rotatable bonds is 7. The largest absolute Gasteiger partial charge is 0.458 e. The molecule has 0 bridgehead atoms. The SMILES string of the molecule is C=C[C@@H]1C[C@H](C(=O)OC(C)(C)C)N(C(=O)OC(C)(C)C)[C@]1(CCS(=O)(=O)CC)N(C(C)=O)C(=O)OC(C)(C)C. The molecule has 3 atom stereocenters. The van der Waals surface area contributed by atoms with Crippen molar-refractivity contribution in [2.24, 2.45) is 5.92 Å². The van der Waals surface area contributed by atoms with Crippen LogP contribution in [0.5, 0.6) is 0 Å². The highest BCUT2D eigenvalue weighted by Crippen LogP contribution is 2.47. The Hall–Kier alpha value is -2.63. The van der Waals surface area contributed by atoms with Gasteiger partial charge >= 0.3 is 18.2 Å². The standard InChI is InChI=1S/C27H46N2O9S/c1-13-19-17-20(21(31)36-24(4,5)6)29(23(33)38-26(10,11)12)27(19,15-16-39(34,35)14-2)28(18(3)30)22(32)37-25(7,8)9/h13,19-20H,1,14-17H2,2-12H3/t19-,20-,27+/m1/s1. The second kappa shape index (κ2) is 11.9. The summed E-state index contributed by atoms with van der Waals surface area (Å²) in [6.07, 6.45) is -1.23. The Kier molecular flexibility index (Phi) is 10.5. The molecule has 0 aliphatic carbocycles. The maximum absolute atomic E-state index is 13.9. The zero-order chi connectivity index (χ0) is 30.8. The van der Waals surface area contributed by atoms with Crippen LogP contribution in [0.4, 0.5) is 9.59 Å². The molecule has 1 aliphatic heterocycles. The van der Waals surface area contributed by atoms with Crippen LogP contribution in [0.25, 0.3) is 0 Å². The van der Waals surface area contributed by atoms with Gasteiger partial charge in [-0.3, -0.25) is 9.69 Å². The third-order valence-electron chi connectivity index (χ3n) is 5.85. The Balaban J connectivity index is 4.08. The summed E-state index contributed by atoms with van der Waals surface area (Å²) in [7, 11) is -3.67. The van der Waals surface area contributed by atoms with E-state index in [1.807, 2.05) is 0 Å². The summed E-state index contributed by atoms with van der Waals surface area (Å²) in [6, 6.07) is -1.32. The summed E-state index contributed by atoms with van der Waals surface area (Å²) in [6.45, 7) is 21.1. The molecule has 0 aromatic carbocycles. The average molecular weight is 575 g/mol. The van der Waals surface area contributed by atoms with Crippen molar-refractivity contribution >= 4 is 33.9 Å². The molecule has 0 radical (unpaired) electrons. The van der Waals surface area contributed by atoms with Crippen LogP contribution < -0.4 is 0 Å². The van der Waals surface area contributed by atoms with Crippen molar-refractivity contribution in [3.05, 3.63) is 12.7 Å². The molecule has 1 saturated heterocycles. The Labute approximate surface area is 233 Å². The minimum atomic E-state index is -3.67. The third kappa shape index (κ3) is 8.94. The van der Waals surface area contributed by atoms with Gasteiger partial charge in [-0.05, 0) is 68.7 Å². The van der Waals surface area contributed by atoms with Crippen LogP contribution in [-0.4, -0.2) is 82.3 Å². The molecule has 0 saturated carbocycles. The lowest BCUT2D eigenvalue weighted by Crippen LogP contribution is -2.68. The van der Waals surface area contributed by atoms with Crippen molar-refractivity contribution in [3.8, 4) is 0 Å². The number of esters is 1. The van der Waals surface area contributed by atoms with Gasteiger partial charge in [0.1, 0.15) is 38.3 Å². The molecule has 1 aliphatic rings. The maximum Gasteiger partial charge on any atom is 0.419 e. The van der Waals surface area contributed by atoms with E-state index in [1.54, 1.807) is 62.3 Å². The quantitative estimate of drug-likeness (QED) is 0.245. The van der Waals surface area contributed by atoms with Crippen molar-refractivity contribution in [1.29, 1.82) is 0 Å². The molecule has 1 fully saturated rings. The van der Waals surface area contributed by atoms with Crippen molar-refractivity contribution in [1.82, 2.24) is 9.80 Å². The summed E-state index contributed by atoms with van der Waals surface area (Å²) in [5.74, 6) is -3.25. The molecule has 224 valence electrons. The van der Waals surface area contributed by atoms with Crippen LogP contribution in [-0.2, 0) is 33.6 Å². The number of ether oxygens (including phenoxy) is 3. The van der Waals surface area contributed by atoms with Crippen molar-refractivity contribution in [2.75, 3.05) is 11.5 Å². The summed E-state index contributed by atoms with van der Waals surface area (Å²) < 4.78 is 42.2. The van der Waals surface area contributed by atoms with E-state index in [0.29, 0.717) is 0 Å². The second-order valence-electron chi connectivity index (χ2n) is 12.7. The zero-order valence-corrected chi connectivity index (χ0v) is 26.1. The average Bonchev–Trinajstić information content (AvgIpc) is 3.03. The molecular formula is C27H46N2O9S. The molecule has 3 amide bonds. The summed E-state index contributed by atoms with van der Waals surface area (Å²) in [5, 5.41) is 0. The lowest BCUT2D eigenvalue weighted by molar-refractivity contribution is -0.166. The van der Waals surface area contributed by atoms with E-state index in [-0.39, 0.29) is 12.2 Å². The molecule has 0 aromatic heterocycles. The first-order valence-corrected chi connectivity index (χ1v) is 14.8. The van der Waals surface area contributed by atoms with Crippen LogP contribution in [0.1, 0.15) is 89.0 Å². The van der Waals surface area contributed by atoms with Crippen LogP contribution in [0.2, 0.25) is 0 Å². The molecule has 1 rings (SSSR count). The minimum Gasteiger partial charge on any atom is -0.458 e. The van der Waals surface area contributed by atoms with Crippen LogP contribution in [0.15, 0.2) is 12.7 Å². The van der Waals surface area contributed by atoms with E-state index in [2.05, 4.69) is 6.58 Å². The minimum absolute atomic E-state index is 0.101. The Morgan fingerprint density at radius 2 is 1.44 bits per heavy atom. The highest BCUT2D eigenvalue weighted by Gasteiger charge is 2.64. The molecule has 12 heteroatoms. The van der Waals surface area contributed by atoms with Crippen LogP contribution in [0, 0.1) is 5.92 Å². The maximum atomic E-state index is 13.9. The van der Waals surface area contributed by atoms with Gasteiger partial charge in [-0.25, -0.2) is 27.7 Å². The topological polar surface area (TPSA) is 137 Å². The fourth-order valence-electron chi connectivity index (χ4n) is 4.44. The lowest BCUT2D eigenvalue weighted by Gasteiger charge is -2.48. The highest BCUT2D eigenvalue weighted by molar-refractivity contribution is 7.91. The van der Waals surface area contributed by atoms with Gasteiger partial charge in [0.2, 0.25) is 5.91 Å². The second-order valence-corrected chi connectivity index (χ2v) is 15.1. The highest BCUT2D eigenvalue weighted by atomic mass is 32.2. The van der Waals surface area contributed by atoms with Gasteiger partial charge in [0, 0.05) is 25.0 Å². The number of carbonyl (C=O) groups is 4. The summed E-state index contributed by atoms with van der Waals surface area (Å²) >= 11 is 0. The van der Waals surface area contributed by atoms with Gasteiger partial charge in [-0.2, -0.15) is 0 Å². The predicted molar refractivity (Wildman–Crippen MR) is 146 cm³/mol.